The van der Waals surface area contributed by atoms with Crippen molar-refractivity contribution < 1.29 is 14.4 Å². The van der Waals surface area contributed by atoms with Crippen molar-refractivity contribution in [3.05, 3.63) is 32.8 Å². The largest absolute Gasteiger partial charge is 0.379 e. The number of nitrogens with zero attached hydrogens (tertiary/aromatic N) is 1. The molecule has 1 saturated heterocycles. The second kappa shape index (κ2) is 7.01. The highest BCUT2D eigenvalue weighted by Gasteiger charge is 2.19. The molecule has 1 aromatic carbocycles. The van der Waals surface area contributed by atoms with Crippen LogP contribution in [0.25, 0.3) is 0 Å². The van der Waals surface area contributed by atoms with Gasteiger partial charge in [-0.3, -0.25) is 10.1 Å². The van der Waals surface area contributed by atoms with E-state index in [9.17, 15) is 10.1 Å². The maximum Gasteiger partial charge on any atom is 0.293 e. The average Bonchev–Trinajstić information content (AvgIpc) is 2.91. The van der Waals surface area contributed by atoms with E-state index in [0.29, 0.717) is 23.4 Å². The van der Waals surface area contributed by atoms with Crippen LogP contribution >= 0.6 is 15.9 Å². The van der Waals surface area contributed by atoms with Gasteiger partial charge in [-0.15, -0.1) is 0 Å². The molecule has 1 fully saturated rings. The fourth-order valence-electron chi connectivity index (χ4n) is 2.01. The van der Waals surface area contributed by atoms with Gasteiger partial charge in [-0.25, -0.2) is 0 Å². The lowest BCUT2D eigenvalue weighted by atomic mass is 10.2. The highest BCUT2D eigenvalue weighted by molar-refractivity contribution is 9.10. The molecule has 1 aromatic rings. The third kappa shape index (κ3) is 4.16. The second-order valence-electron chi connectivity index (χ2n) is 4.78. The molecule has 0 bridgehead atoms. The van der Waals surface area contributed by atoms with E-state index in [2.05, 4.69) is 21.2 Å². The Hall–Kier alpha value is -1.18. The van der Waals surface area contributed by atoms with Gasteiger partial charge < -0.3 is 14.8 Å². The summed E-state index contributed by atoms with van der Waals surface area (Å²) in [6, 6.07) is 4.93. The minimum Gasteiger partial charge on any atom is -0.379 e. The van der Waals surface area contributed by atoms with Crippen LogP contribution in [0.1, 0.15) is 13.3 Å². The molecule has 20 heavy (non-hydrogen) atoms. The van der Waals surface area contributed by atoms with Crippen molar-refractivity contribution >= 4 is 27.3 Å². The zero-order chi connectivity index (χ0) is 14.5. The Kier molecular flexibility index (Phi) is 5.33. The van der Waals surface area contributed by atoms with Crippen LogP contribution in [0, 0.1) is 10.1 Å². The Morgan fingerprint density at radius 3 is 3.10 bits per heavy atom. The van der Waals surface area contributed by atoms with E-state index >= 15 is 0 Å². The predicted octanol–water partition coefficient (Wildman–Crippen LogP) is 2.96. The number of rotatable bonds is 6. The quantitative estimate of drug-likeness (QED) is 0.634. The summed E-state index contributed by atoms with van der Waals surface area (Å²) in [4.78, 5) is 10.6. The van der Waals surface area contributed by atoms with Gasteiger partial charge in [0.25, 0.3) is 5.69 Å². The first-order valence-corrected chi connectivity index (χ1v) is 7.25. The van der Waals surface area contributed by atoms with Crippen LogP contribution in [0.4, 0.5) is 11.4 Å². The summed E-state index contributed by atoms with van der Waals surface area (Å²) in [6.07, 6.45) is 1.05. The number of nitro groups is 1. The van der Waals surface area contributed by atoms with Crippen LogP contribution in [-0.4, -0.2) is 36.9 Å². The molecule has 0 spiro atoms. The molecule has 1 aliphatic heterocycles. The second-order valence-corrected chi connectivity index (χ2v) is 5.70. The summed E-state index contributed by atoms with van der Waals surface area (Å²) < 4.78 is 11.6. The number of nitrogens with one attached hydrogen (secondary N) is 1. The SMILES string of the molecule is CC(COC1CCOC1)Nc1ccc(Br)cc1[N+](=O)[O-]. The van der Waals surface area contributed by atoms with Crippen LogP contribution in [0.2, 0.25) is 0 Å². The van der Waals surface area contributed by atoms with Gasteiger partial charge in [0, 0.05) is 23.2 Å². The van der Waals surface area contributed by atoms with Gasteiger partial charge in [0.2, 0.25) is 0 Å². The number of ether oxygens (including phenoxy) is 2. The first-order valence-electron chi connectivity index (χ1n) is 6.46. The van der Waals surface area contributed by atoms with Crippen LogP contribution < -0.4 is 5.32 Å². The molecule has 7 heteroatoms. The van der Waals surface area contributed by atoms with Gasteiger partial charge in [-0.1, -0.05) is 15.9 Å². The van der Waals surface area contributed by atoms with Crippen molar-refractivity contribution in [1.29, 1.82) is 0 Å². The molecule has 2 unspecified atom stereocenters. The summed E-state index contributed by atoms with van der Waals surface area (Å²) >= 11 is 3.24. The molecule has 0 saturated carbocycles. The van der Waals surface area contributed by atoms with Crippen molar-refractivity contribution in [2.24, 2.45) is 0 Å². The van der Waals surface area contributed by atoms with E-state index < -0.39 is 4.92 Å². The molecule has 110 valence electrons. The van der Waals surface area contributed by atoms with Crippen molar-refractivity contribution in [3.63, 3.8) is 0 Å². The Morgan fingerprint density at radius 2 is 2.45 bits per heavy atom. The highest BCUT2D eigenvalue weighted by Crippen LogP contribution is 2.28. The predicted molar refractivity (Wildman–Crippen MR) is 79.1 cm³/mol. The molecule has 0 aromatic heterocycles. The summed E-state index contributed by atoms with van der Waals surface area (Å²) in [6.45, 7) is 3.79. The summed E-state index contributed by atoms with van der Waals surface area (Å²) in [5.41, 5.74) is 0.549. The molecule has 1 heterocycles. The summed E-state index contributed by atoms with van der Waals surface area (Å²) in [7, 11) is 0. The lowest BCUT2D eigenvalue weighted by Crippen LogP contribution is -2.26. The summed E-state index contributed by atoms with van der Waals surface area (Å²) in [5, 5.41) is 14.1. The van der Waals surface area contributed by atoms with Gasteiger partial charge in [0.15, 0.2) is 0 Å². The zero-order valence-electron chi connectivity index (χ0n) is 11.2. The molecular weight excluding hydrogens is 328 g/mol. The molecular formula is C13H17BrN2O4. The number of benzene rings is 1. The van der Waals surface area contributed by atoms with Crippen LogP contribution in [-0.2, 0) is 9.47 Å². The average molecular weight is 345 g/mol. The third-order valence-electron chi connectivity index (χ3n) is 3.03. The maximum atomic E-state index is 11.0. The Balaban J connectivity index is 1.92. The van der Waals surface area contributed by atoms with E-state index in [0.717, 1.165) is 13.0 Å². The molecule has 0 amide bonds. The summed E-state index contributed by atoms with van der Waals surface area (Å²) in [5.74, 6) is 0. The van der Waals surface area contributed by atoms with Gasteiger partial charge in [-0.05, 0) is 25.5 Å². The van der Waals surface area contributed by atoms with Crippen molar-refractivity contribution in [3.8, 4) is 0 Å². The zero-order valence-corrected chi connectivity index (χ0v) is 12.8. The van der Waals surface area contributed by atoms with Gasteiger partial charge >= 0.3 is 0 Å². The first kappa shape index (κ1) is 15.2. The molecule has 2 atom stereocenters. The number of hydrogen-bond donors (Lipinski definition) is 1. The van der Waals surface area contributed by atoms with E-state index in [4.69, 9.17) is 9.47 Å². The molecule has 1 N–H and O–H groups in total. The Labute approximate surface area is 125 Å². The van der Waals surface area contributed by atoms with Crippen LogP contribution in [0.15, 0.2) is 22.7 Å². The van der Waals surface area contributed by atoms with E-state index in [1.54, 1.807) is 12.1 Å². The number of hydrogen-bond acceptors (Lipinski definition) is 5. The van der Waals surface area contributed by atoms with E-state index in [1.807, 2.05) is 6.92 Å². The Morgan fingerprint density at radius 1 is 1.65 bits per heavy atom. The number of nitro benzene ring substituents is 1. The minimum atomic E-state index is -0.397. The van der Waals surface area contributed by atoms with Gasteiger partial charge in [-0.2, -0.15) is 0 Å². The smallest absolute Gasteiger partial charge is 0.293 e. The third-order valence-corrected chi connectivity index (χ3v) is 3.52. The molecule has 2 rings (SSSR count). The molecule has 1 aliphatic rings. The fourth-order valence-corrected chi connectivity index (χ4v) is 2.36. The monoisotopic (exact) mass is 344 g/mol. The number of halogens is 1. The van der Waals surface area contributed by atoms with Crippen LogP contribution in [0.3, 0.4) is 0 Å². The maximum absolute atomic E-state index is 11.0. The normalized spacial score (nSPS) is 19.8. The number of anilines is 1. The molecule has 6 nitrogen and oxygen atoms in total. The lowest BCUT2D eigenvalue weighted by molar-refractivity contribution is -0.384. The first-order chi connectivity index (χ1) is 9.56. The van der Waals surface area contributed by atoms with Crippen molar-refractivity contribution in [2.75, 3.05) is 25.1 Å². The molecule has 0 radical (unpaired) electrons. The van der Waals surface area contributed by atoms with Crippen molar-refractivity contribution in [2.45, 2.75) is 25.5 Å². The van der Waals surface area contributed by atoms with Crippen molar-refractivity contribution in [1.82, 2.24) is 0 Å². The highest BCUT2D eigenvalue weighted by atomic mass is 79.9. The molecule has 0 aliphatic carbocycles. The Bertz CT molecular complexity index is 477. The van der Waals surface area contributed by atoms with Crippen LogP contribution in [0.5, 0.6) is 0 Å². The lowest BCUT2D eigenvalue weighted by Gasteiger charge is -2.18. The van der Waals surface area contributed by atoms with Gasteiger partial charge in [0.05, 0.1) is 24.2 Å². The van der Waals surface area contributed by atoms with E-state index in [-0.39, 0.29) is 17.8 Å². The van der Waals surface area contributed by atoms with Gasteiger partial charge in [0.1, 0.15) is 5.69 Å². The standard InChI is InChI=1S/C13H17BrN2O4/c1-9(7-20-11-4-5-19-8-11)15-12-3-2-10(14)6-13(12)16(17)18/h2-3,6,9,11,15H,4-5,7-8H2,1H3. The minimum absolute atomic E-state index is 0.0181. The van der Waals surface area contributed by atoms with E-state index in [1.165, 1.54) is 6.07 Å². The fraction of sp³-hybridized carbons (Fsp3) is 0.538. The topological polar surface area (TPSA) is 73.6 Å².